The number of fused-ring (bicyclic) bond motifs is 1. The van der Waals surface area contributed by atoms with Crippen molar-refractivity contribution in [2.24, 2.45) is 0 Å². The molecule has 1 aliphatic carbocycles. The summed E-state index contributed by atoms with van der Waals surface area (Å²) in [5.41, 5.74) is 3.95. The predicted molar refractivity (Wildman–Crippen MR) is 110 cm³/mol. The smallest absolute Gasteiger partial charge is 0.414 e. The van der Waals surface area contributed by atoms with Crippen molar-refractivity contribution in [1.29, 1.82) is 0 Å². The summed E-state index contributed by atoms with van der Waals surface area (Å²) in [6, 6.07) is 13.0. The van der Waals surface area contributed by atoms with E-state index in [1.54, 1.807) is 21.3 Å². The van der Waals surface area contributed by atoms with Gasteiger partial charge < -0.3 is 29.7 Å². The van der Waals surface area contributed by atoms with Crippen molar-refractivity contribution in [2.45, 2.75) is 31.8 Å². The number of hydrogen-bond donors (Lipinski definition) is 3. The summed E-state index contributed by atoms with van der Waals surface area (Å²) in [4.78, 5) is 18.2. The second-order valence-corrected chi connectivity index (χ2v) is 6.65. The Morgan fingerprint density at radius 3 is 2.17 bits per heavy atom. The molecule has 1 aliphatic rings. The molecule has 8 heteroatoms. The molecule has 3 N–H and O–H groups in total. The lowest BCUT2D eigenvalue weighted by Crippen LogP contribution is -2.25. The van der Waals surface area contributed by atoms with Crippen LogP contribution in [0.1, 0.15) is 35.6 Å². The number of aliphatic carboxylic acids is 2. The fourth-order valence-electron chi connectivity index (χ4n) is 3.43. The Kier molecular flexibility index (Phi) is 8.49. The number of benzene rings is 2. The van der Waals surface area contributed by atoms with Crippen LogP contribution in [-0.2, 0) is 22.6 Å². The molecule has 1 atom stereocenters. The van der Waals surface area contributed by atoms with Crippen LogP contribution in [0.15, 0.2) is 36.4 Å². The average Bonchev–Trinajstić information content (AvgIpc) is 2.77. The maximum atomic E-state index is 9.10. The summed E-state index contributed by atoms with van der Waals surface area (Å²) in [6.07, 6.45) is 3.55. The second-order valence-electron chi connectivity index (χ2n) is 6.65. The maximum absolute atomic E-state index is 9.10. The Bertz CT molecular complexity index is 870. The van der Waals surface area contributed by atoms with Gasteiger partial charge in [0, 0.05) is 24.2 Å². The van der Waals surface area contributed by atoms with E-state index < -0.39 is 11.9 Å². The summed E-state index contributed by atoms with van der Waals surface area (Å²) >= 11 is 0. The SMILES string of the molecule is COc1cc(OC)c(OC)cc1CNC1CCCc2ccccc21.O=C(O)C(=O)O. The fraction of sp³-hybridized carbons (Fsp3) is 0.364. The van der Waals surface area contributed by atoms with Gasteiger partial charge in [-0.2, -0.15) is 0 Å². The summed E-state index contributed by atoms with van der Waals surface area (Å²) in [7, 11) is 4.97. The number of methoxy groups -OCH3 is 3. The first-order valence-electron chi connectivity index (χ1n) is 9.47. The molecule has 0 saturated carbocycles. The number of ether oxygens (including phenoxy) is 3. The largest absolute Gasteiger partial charge is 0.496 e. The van der Waals surface area contributed by atoms with Crippen molar-refractivity contribution < 1.29 is 34.0 Å². The van der Waals surface area contributed by atoms with E-state index in [1.807, 2.05) is 12.1 Å². The van der Waals surface area contributed by atoms with E-state index in [-0.39, 0.29) is 0 Å². The standard InChI is InChI=1S/C20H25NO3.C2H2O4/c1-22-18-12-20(24-3)19(23-2)11-15(18)13-21-17-10-6-8-14-7-4-5-9-16(14)17;3-1(4)2(5)6/h4-5,7,9,11-12,17,21H,6,8,10,13H2,1-3H3;(H,3,4)(H,5,6). The van der Waals surface area contributed by atoms with E-state index in [9.17, 15) is 0 Å². The van der Waals surface area contributed by atoms with E-state index in [4.69, 9.17) is 34.0 Å². The zero-order valence-electron chi connectivity index (χ0n) is 17.3. The van der Waals surface area contributed by atoms with Crippen LogP contribution >= 0.6 is 0 Å². The van der Waals surface area contributed by atoms with Gasteiger partial charge in [-0.05, 0) is 36.5 Å². The minimum Gasteiger partial charge on any atom is -0.496 e. The lowest BCUT2D eigenvalue weighted by atomic mass is 9.87. The van der Waals surface area contributed by atoms with E-state index in [0.717, 1.165) is 30.0 Å². The molecule has 0 bridgehead atoms. The third kappa shape index (κ3) is 5.87. The second kappa shape index (κ2) is 11.1. The van der Waals surface area contributed by atoms with Crippen LogP contribution in [-0.4, -0.2) is 43.5 Å². The monoisotopic (exact) mass is 417 g/mol. The summed E-state index contributed by atoms with van der Waals surface area (Å²) < 4.78 is 16.3. The van der Waals surface area contributed by atoms with Crippen LogP contribution in [0.4, 0.5) is 0 Å². The van der Waals surface area contributed by atoms with Gasteiger partial charge in [0.25, 0.3) is 0 Å². The zero-order valence-corrected chi connectivity index (χ0v) is 17.3. The van der Waals surface area contributed by atoms with Crippen molar-refractivity contribution >= 4 is 11.9 Å². The molecule has 30 heavy (non-hydrogen) atoms. The lowest BCUT2D eigenvalue weighted by molar-refractivity contribution is -0.159. The van der Waals surface area contributed by atoms with Crippen LogP contribution in [0, 0.1) is 0 Å². The Balaban J connectivity index is 0.000000469. The molecular weight excluding hydrogens is 390 g/mol. The van der Waals surface area contributed by atoms with Gasteiger partial charge in [-0.3, -0.25) is 0 Å². The Hall–Kier alpha value is -3.26. The number of carboxylic acid groups (broad SMARTS) is 2. The number of carboxylic acids is 2. The maximum Gasteiger partial charge on any atom is 0.414 e. The molecular formula is C22H27NO7. The Morgan fingerprint density at radius 1 is 0.967 bits per heavy atom. The molecule has 0 saturated heterocycles. The van der Waals surface area contributed by atoms with Gasteiger partial charge >= 0.3 is 11.9 Å². The van der Waals surface area contributed by atoms with Crippen LogP contribution in [0.5, 0.6) is 17.2 Å². The summed E-state index contributed by atoms with van der Waals surface area (Å²) in [6.45, 7) is 0.725. The molecule has 2 aromatic rings. The molecule has 0 aromatic heterocycles. The summed E-state index contributed by atoms with van der Waals surface area (Å²) in [5.74, 6) is -1.44. The van der Waals surface area contributed by atoms with Crippen LogP contribution in [0.25, 0.3) is 0 Å². The number of aryl methyl sites for hydroxylation is 1. The molecule has 0 spiro atoms. The predicted octanol–water partition coefficient (Wildman–Crippen LogP) is 3.04. The highest BCUT2D eigenvalue weighted by molar-refractivity contribution is 6.27. The molecule has 162 valence electrons. The third-order valence-corrected chi connectivity index (χ3v) is 4.88. The van der Waals surface area contributed by atoms with E-state index in [1.165, 1.54) is 24.0 Å². The van der Waals surface area contributed by atoms with Crippen molar-refractivity contribution in [1.82, 2.24) is 5.32 Å². The minimum absolute atomic E-state index is 0.382. The first kappa shape index (κ1) is 23.0. The molecule has 2 aromatic carbocycles. The molecule has 1 unspecified atom stereocenters. The fourth-order valence-corrected chi connectivity index (χ4v) is 3.43. The first-order chi connectivity index (χ1) is 14.4. The number of rotatable bonds is 6. The first-order valence-corrected chi connectivity index (χ1v) is 9.47. The molecule has 0 heterocycles. The molecule has 0 fully saturated rings. The van der Waals surface area contributed by atoms with Crippen molar-refractivity contribution in [3.63, 3.8) is 0 Å². The van der Waals surface area contributed by atoms with E-state index in [0.29, 0.717) is 11.8 Å². The number of hydrogen-bond acceptors (Lipinski definition) is 6. The average molecular weight is 417 g/mol. The van der Waals surface area contributed by atoms with Gasteiger partial charge in [-0.1, -0.05) is 24.3 Å². The van der Waals surface area contributed by atoms with Gasteiger partial charge in [0.05, 0.1) is 21.3 Å². The molecule has 8 nitrogen and oxygen atoms in total. The normalized spacial score (nSPS) is 14.6. The highest BCUT2D eigenvalue weighted by atomic mass is 16.5. The third-order valence-electron chi connectivity index (χ3n) is 4.88. The highest BCUT2D eigenvalue weighted by Crippen LogP contribution is 2.35. The summed E-state index contributed by atoms with van der Waals surface area (Å²) in [5, 5.41) is 18.5. The lowest BCUT2D eigenvalue weighted by Gasteiger charge is -2.27. The van der Waals surface area contributed by atoms with Crippen molar-refractivity contribution in [3.8, 4) is 17.2 Å². The van der Waals surface area contributed by atoms with Crippen LogP contribution in [0.3, 0.4) is 0 Å². The van der Waals surface area contributed by atoms with Gasteiger partial charge in [-0.25, -0.2) is 9.59 Å². The van der Waals surface area contributed by atoms with Crippen molar-refractivity contribution in [2.75, 3.05) is 21.3 Å². The Morgan fingerprint density at radius 2 is 1.57 bits per heavy atom. The number of nitrogens with one attached hydrogen (secondary N) is 1. The molecule has 0 amide bonds. The molecule has 0 radical (unpaired) electrons. The van der Waals surface area contributed by atoms with E-state index >= 15 is 0 Å². The van der Waals surface area contributed by atoms with Gasteiger partial charge in [0.15, 0.2) is 11.5 Å². The molecule has 0 aliphatic heterocycles. The topological polar surface area (TPSA) is 114 Å². The number of carbonyl (C=O) groups is 2. The van der Waals surface area contributed by atoms with Gasteiger partial charge in [0.1, 0.15) is 5.75 Å². The van der Waals surface area contributed by atoms with Crippen molar-refractivity contribution in [3.05, 3.63) is 53.1 Å². The highest BCUT2D eigenvalue weighted by Gasteiger charge is 2.20. The Labute approximate surface area is 175 Å². The van der Waals surface area contributed by atoms with E-state index in [2.05, 4.69) is 29.6 Å². The van der Waals surface area contributed by atoms with Crippen LogP contribution < -0.4 is 19.5 Å². The zero-order chi connectivity index (χ0) is 22.1. The quantitative estimate of drug-likeness (QED) is 0.615. The molecule has 3 rings (SSSR count). The van der Waals surface area contributed by atoms with Gasteiger partial charge in [-0.15, -0.1) is 0 Å². The van der Waals surface area contributed by atoms with Crippen LogP contribution in [0.2, 0.25) is 0 Å². The van der Waals surface area contributed by atoms with Gasteiger partial charge in [0.2, 0.25) is 0 Å². The minimum atomic E-state index is -1.82.